The number of β-amino-alcohol motifs (C(OH)–C–C–N with tert-alkyl or cyclic N) is 1. The Balaban J connectivity index is 2.14. The summed E-state index contributed by atoms with van der Waals surface area (Å²) in [5.41, 5.74) is -0.378. The predicted molar refractivity (Wildman–Crippen MR) is 66.6 cm³/mol. The molecule has 1 heterocycles. The minimum absolute atomic E-state index is 0.329. The molecule has 17 heavy (non-hydrogen) atoms. The highest BCUT2D eigenvalue weighted by Gasteiger charge is 2.44. The van der Waals surface area contributed by atoms with Crippen molar-refractivity contribution in [3.63, 3.8) is 0 Å². The first-order valence-electron chi connectivity index (χ1n) is 5.87. The summed E-state index contributed by atoms with van der Waals surface area (Å²) in [5.74, 6) is -0.400. The van der Waals surface area contributed by atoms with Crippen molar-refractivity contribution in [1.82, 2.24) is 4.90 Å². The highest BCUT2D eigenvalue weighted by atomic mass is 35.5. The Morgan fingerprint density at radius 3 is 2.65 bits per heavy atom. The molecule has 1 fully saturated rings. The van der Waals surface area contributed by atoms with Crippen molar-refractivity contribution in [3.05, 3.63) is 34.6 Å². The predicted octanol–water partition coefficient (Wildman–Crippen LogP) is 2.78. The molecular weight excluding hydrogens is 241 g/mol. The number of benzene rings is 1. The van der Waals surface area contributed by atoms with E-state index in [4.69, 9.17) is 11.6 Å². The molecule has 0 radical (unpaired) electrons. The van der Waals surface area contributed by atoms with Crippen molar-refractivity contribution in [2.24, 2.45) is 0 Å². The zero-order chi connectivity index (χ0) is 12.6. The van der Waals surface area contributed by atoms with Gasteiger partial charge in [-0.15, -0.1) is 0 Å². The number of rotatable bonds is 3. The van der Waals surface area contributed by atoms with Crippen LogP contribution in [0.5, 0.6) is 0 Å². The Labute approximate surface area is 106 Å². The minimum Gasteiger partial charge on any atom is -0.382 e. The van der Waals surface area contributed by atoms with Crippen LogP contribution in [0.15, 0.2) is 18.2 Å². The van der Waals surface area contributed by atoms with Crippen LogP contribution in [0.1, 0.15) is 25.8 Å². The van der Waals surface area contributed by atoms with Gasteiger partial charge >= 0.3 is 0 Å². The average Bonchev–Trinajstić information content (AvgIpc) is 2.22. The summed E-state index contributed by atoms with van der Waals surface area (Å²) in [6.45, 7) is 5.32. The van der Waals surface area contributed by atoms with Gasteiger partial charge in [0.1, 0.15) is 11.4 Å². The number of halogens is 2. The summed E-state index contributed by atoms with van der Waals surface area (Å²) in [4.78, 5) is 2.18. The largest absolute Gasteiger partial charge is 0.382 e. The molecule has 2 nitrogen and oxygen atoms in total. The van der Waals surface area contributed by atoms with E-state index in [1.54, 1.807) is 6.07 Å². The third kappa shape index (κ3) is 2.46. The van der Waals surface area contributed by atoms with Crippen LogP contribution in [-0.2, 0) is 5.60 Å². The molecule has 1 N–H and O–H groups in total. The molecule has 0 aliphatic carbocycles. The van der Waals surface area contributed by atoms with Crippen molar-refractivity contribution >= 4 is 11.6 Å². The lowest BCUT2D eigenvalue weighted by Gasteiger charge is -2.49. The van der Waals surface area contributed by atoms with Gasteiger partial charge in [0.25, 0.3) is 0 Å². The van der Waals surface area contributed by atoms with Crippen LogP contribution < -0.4 is 0 Å². The molecule has 1 aliphatic rings. The lowest BCUT2D eigenvalue weighted by Crippen LogP contribution is -2.61. The standard InChI is InChI=1S/C13H17ClFNO/c1-3-9(2)16-7-13(17,8-16)10-4-11(14)6-12(15)5-10/h4-6,9,17H,3,7-8H2,1-2H3. The van der Waals surface area contributed by atoms with Gasteiger partial charge in [-0.2, -0.15) is 0 Å². The number of aliphatic hydroxyl groups is 1. The fourth-order valence-electron chi connectivity index (χ4n) is 2.20. The van der Waals surface area contributed by atoms with E-state index >= 15 is 0 Å². The number of hydrogen-bond donors (Lipinski definition) is 1. The van der Waals surface area contributed by atoms with Gasteiger partial charge in [-0.1, -0.05) is 18.5 Å². The third-order valence-corrected chi connectivity index (χ3v) is 3.76. The molecule has 0 amide bonds. The van der Waals surface area contributed by atoms with Crippen LogP contribution in [-0.4, -0.2) is 29.1 Å². The van der Waals surface area contributed by atoms with E-state index in [9.17, 15) is 9.50 Å². The number of nitrogens with zero attached hydrogens (tertiary/aromatic N) is 1. The van der Waals surface area contributed by atoms with E-state index in [1.807, 2.05) is 0 Å². The first kappa shape index (κ1) is 12.8. The molecule has 1 unspecified atom stereocenters. The quantitative estimate of drug-likeness (QED) is 0.900. The highest BCUT2D eigenvalue weighted by Crippen LogP contribution is 2.35. The second kappa shape index (κ2) is 4.56. The molecule has 0 spiro atoms. The zero-order valence-corrected chi connectivity index (χ0v) is 10.8. The Morgan fingerprint density at radius 2 is 2.12 bits per heavy atom. The second-order valence-corrected chi connectivity index (χ2v) is 5.29. The number of hydrogen-bond acceptors (Lipinski definition) is 2. The van der Waals surface area contributed by atoms with E-state index in [2.05, 4.69) is 18.7 Å². The van der Waals surface area contributed by atoms with E-state index in [1.165, 1.54) is 12.1 Å². The summed E-state index contributed by atoms with van der Waals surface area (Å²) in [6.07, 6.45) is 1.04. The molecule has 0 saturated carbocycles. The average molecular weight is 258 g/mol. The van der Waals surface area contributed by atoms with Crippen LogP contribution >= 0.6 is 11.6 Å². The fourth-order valence-corrected chi connectivity index (χ4v) is 2.42. The van der Waals surface area contributed by atoms with Crippen molar-refractivity contribution in [2.75, 3.05) is 13.1 Å². The van der Waals surface area contributed by atoms with Crippen LogP contribution in [0, 0.1) is 5.82 Å². The molecule has 4 heteroatoms. The van der Waals surface area contributed by atoms with Gasteiger partial charge in [-0.3, -0.25) is 4.90 Å². The molecule has 1 aromatic carbocycles. The molecular formula is C13H17ClFNO. The summed E-state index contributed by atoms with van der Waals surface area (Å²) < 4.78 is 13.2. The molecule has 94 valence electrons. The van der Waals surface area contributed by atoms with Gasteiger partial charge in [0, 0.05) is 24.2 Å². The Hall–Kier alpha value is -0.640. The molecule has 0 aromatic heterocycles. The lowest BCUT2D eigenvalue weighted by molar-refractivity contribution is -0.119. The van der Waals surface area contributed by atoms with Crippen molar-refractivity contribution < 1.29 is 9.50 Å². The summed E-state index contributed by atoms with van der Waals surface area (Å²) in [6, 6.07) is 4.69. The molecule has 1 atom stereocenters. The maximum absolute atomic E-state index is 13.2. The maximum Gasteiger partial charge on any atom is 0.125 e. The van der Waals surface area contributed by atoms with Crippen LogP contribution in [0.2, 0.25) is 5.02 Å². The second-order valence-electron chi connectivity index (χ2n) is 4.85. The topological polar surface area (TPSA) is 23.5 Å². The van der Waals surface area contributed by atoms with Gasteiger partial charge in [0.05, 0.1) is 0 Å². The highest BCUT2D eigenvalue weighted by molar-refractivity contribution is 6.30. The van der Waals surface area contributed by atoms with Crippen LogP contribution in [0.3, 0.4) is 0 Å². The Morgan fingerprint density at radius 1 is 1.47 bits per heavy atom. The normalized spacial score (nSPS) is 21.0. The SMILES string of the molecule is CCC(C)N1CC(O)(c2cc(F)cc(Cl)c2)C1. The molecule has 1 aromatic rings. The summed E-state index contributed by atoms with van der Waals surface area (Å²) in [5, 5.41) is 10.7. The first-order valence-corrected chi connectivity index (χ1v) is 6.25. The number of likely N-dealkylation sites (tertiary alicyclic amines) is 1. The maximum atomic E-state index is 13.2. The minimum atomic E-state index is -0.949. The fraction of sp³-hybridized carbons (Fsp3) is 0.538. The van der Waals surface area contributed by atoms with Crippen molar-refractivity contribution in [1.29, 1.82) is 0 Å². The monoisotopic (exact) mass is 257 g/mol. The summed E-state index contributed by atoms with van der Waals surface area (Å²) >= 11 is 5.80. The molecule has 0 bridgehead atoms. The van der Waals surface area contributed by atoms with E-state index < -0.39 is 11.4 Å². The Kier molecular flexibility index (Phi) is 3.43. The van der Waals surface area contributed by atoms with Gasteiger partial charge < -0.3 is 5.11 Å². The van der Waals surface area contributed by atoms with Crippen LogP contribution in [0.4, 0.5) is 4.39 Å². The van der Waals surface area contributed by atoms with Crippen molar-refractivity contribution in [2.45, 2.75) is 31.9 Å². The zero-order valence-electron chi connectivity index (χ0n) is 10.1. The molecule has 1 saturated heterocycles. The van der Waals surface area contributed by atoms with Gasteiger partial charge in [0.15, 0.2) is 0 Å². The van der Waals surface area contributed by atoms with Crippen molar-refractivity contribution in [3.8, 4) is 0 Å². The van der Waals surface area contributed by atoms with E-state index in [0.717, 1.165) is 6.42 Å². The lowest BCUT2D eigenvalue weighted by atomic mass is 9.85. The van der Waals surface area contributed by atoms with Crippen LogP contribution in [0.25, 0.3) is 0 Å². The first-order chi connectivity index (χ1) is 7.94. The Bertz CT molecular complexity index is 398. The van der Waals surface area contributed by atoms with E-state index in [0.29, 0.717) is 29.7 Å². The third-order valence-electron chi connectivity index (χ3n) is 3.54. The van der Waals surface area contributed by atoms with Gasteiger partial charge in [-0.25, -0.2) is 4.39 Å². The molecule has 2 rings (SSSR count). The smallest absolute Gasteiger partial charge is 0.125 e. The van der Waals surface area contributed by atoms with Gasteiger partial charge in [0.2, 0.25) is 0 Å². The van der Waals surface area contributed by atoms with Gasteiger partial charge in [-0.05, 0) is 37.1 Å². The molecule has 1 aliphatic heterocycles. The van der Waals surface area contributed by atoms with E-state index in [-0.39, 0.29) is 0 Å². The summed E-state index contributed by atoms with van der Waals surface area (Å²) in [7, 11) is 0.